The van der Waals surface area contributed by atoms with Gasteiger partial charge in [-0.15, -0.1) is 0 Å². The molecule has 27 heavy (non-hydrogen) atoms. The van der Waals surface area contributed by atoms with Crippen molar-refractivity contribution in [2.45, 2.75) is 0 Å². The summed E-state index contributed by atoms with van der Waals surface area (Å²) in [5.41, 5.74) is -0.729. The Morgan fingerprint density at radius 2 is 1.33 bits per heavy atom. The Bertz CT molecular complexity index is 914. The van der Waals surface area contributed by atoms with Gasteiger partial charge in [0.1, 0.15) is 6.54 Å². The van der Waals surface area contributed by atoms with Crippen LogP contribution < -0.4 is 10.1 Å². The molecule has 0 heterocycles. The van der Waals surface area contributed by atoms with E-state index in [1.54, 1.807) is 0 Å². The summed E-state index contributed by atoms with van der Waals surface area (Å²) in [7, 11) is 0. The largest absolute Gasteiger partial charge is 0.504 e. The van der Waals surface area contributed by atoms with Gasteiger partial charge in [0.05, 0.1) is 5.56 Å². The van der Waals surface area contributed by atoms with E-state index < -0.39 is 64.5 Å². The summed E-state index contributed by atoms with van der Waals surface area (Å²) >= 11 is 0. The fraction of sp³-hybridized carbons (Fsp3) is 0.0625. The normalized spacial score (nSPS) is 10.2. The molecule has 2 rings (SSSR count). The number of carbonyl (C=O) groups is 3. The van der Waals surface area contributed by atoms with E-state index in [-0.39, 0.29) is 5.56 Å². The number of carboxylic acid groups (broad SMARTS) is 1. The van der Waals surface area contributed by atoms with E-state index in [0.717, 1.165) is 24.3 Å². The van der Waals surface area contributed by atoms with Crippen molar-refractivity contribution in [3.63, 3.8) is 0 Å². The average Bonchev–Trinajstić information content (AvgIpc) is 2.60. The first-order valence-corrected chi connectivity index (χ1v) is 7.13. The third kappa shape index (κ3) is 4.28. The second kappa shape index (κ2) is 7.39. The van der Waals surface area contributed by atoms with Gasteiger partial charge in [0.2, 0.25) is 5.75 Å². The molecule has 0 unspecified atom stereocenters. The molecule has 11 heteroatoms. The SMILES string of the molecule is O=C(O)CNC(=O)c1cc(O)c(O)c(OC(=O)c2cc(O)c(O)c(O)c2)c1. The van der Waals surface area contributed by atoms with Gasteiger partial charge in [0.25, 0.3) is 5.91 Å². The average molecular weight is 379 g/mol. The van der Waals surface area contributed by atoms with Crippen LogP contribution in [0, 0.1) is 0 Å². The number of benzene rings is 2. The maximum atomic E-state index is 12.1. The minimum absolute atomic E-state index is 0.314. The zero-order valence-corrected chi connectivity index (χ0v) is 13.3. The highest BCUT2D eigenvalue weighted by Gasteiger charge is 2.20. The first kappa shape index (κ1) is 19.2. The third-order valence-electron chi connectivity index (χ3n) is 3.23. The molecule has 2 aromatic carbocycles. The van der Waals surface area contributed by atoms with Gasteiger partial charge in [-0.25, -0.2) is 4.79 Å². The number of phenols is 5. The van der Waals surface area contributed by atoms with E-state index in [1.807, 2.05) is 5.32 Å². The number of aliphatic carboxylic acids is 1. The zero-order valence-electron chi connectivity index (χ0n) is 13.3. The molecular weight excluding hydrogens is 366 g/mol. The monoisotopic (exact) mass is 379 g/mol. The van der Waals surface area contributed by atoms with Crippen molar-refractivity contribution in [2.75, 3.05) is 6.54 Å². The molecule has 0 aliphatic heterocycles. The highest BCUT2D eigenvalue weighted by Crippen LogP contribution is 2.38. The molecule has 0 saturated carbocycles. The number of aromatic hydroxyl groups is 5. The Kier molecular flexibility index (Phi) is 5.25. The topological polar surface area (TPSA) is 194 Å². The second-order valence-electron chi connectivity index (χ2n) is 5.17. The zero-order chi connectivity index (χ0) is 20.3. The maximum absolute atomic E-state index is 12.1. The molecule has 0 saturated heterocycles. The number of carbonyl (C=O) groups excluding carboxylic acids is 2. The summed E-state index contributed by atoms with van der Waals surface area (Å²) in [6.45, 7) is -0.707. The maximum Gasteiger partial charge on any atom is 0.343 e. The molecule has 0 aliphatic rings. The van der Waals surface area contributed by atoms with Gasteiger partial charge in [-0.2, -0.15) is 0 Å². The minimum atomic E-state index is -1.31. The number of hydrogen-bond donors (Lipinski definition) is 7. The Balaban J connectivity index is 2.31. The van der Waals surface area contributed by atoms with Gasteiger partial charge in [0, 0.05) is 5.56 Å². The van der Waals surface area contributed by atoms with Crippen LogP contribution in [0.2, 0.25) is 0 Å². The van der Waals surface area contributed by atoms with E-state index in [2.05, 4.69) is 0 Å². The van der Waals surface area contributed by atoms with E-state index >= 15 is 0 Å². The molecule has 0 aliphatic carbocycles. The number of hydrogen-bond acceptors (Lipinski definition) is 9. The lowest BCUT2D eigenvalue weighted by Crippen LogP contribution is -2.29. The first-order chi connectivity index (χ1) is 12.6. The van der Waals surface area contributed by atoms with Crippen molar-refractivity contribution < 1.29 is 49.8 Å². The van der Waals surface area contributed by atoms with Crippen LogP contribution in [-0.4, -0.2) is 55.0 Å². The molecule has 0 radical (unpaired) electrons. The van der Waals surface area contributed by atoms with Crippen LogP contribution in [0.25, 0.3) is 0 Å². The molecule has 0 aromatic heterocycles. The van der Waals surface area contributed by atoms with Crippen LogP contribution in [0.1, 0.15) is 20.7 Å². The van der Waals surface area contributed by atoms with E-state index in [4.69, 9.17) is 9.84 Å². The van der Waals surface area contributed by atoms with Gasteiger partial charge >= 0.3 is 11.9 Å². The summed E-state index contributed by atoms with van der Waals surface area (Å²) in [6, 6.07) is 3.24. The van der Waals surface area contributed by atoms with Crippen LogP contribution in [0.15, 0.2) is 24.3 Å². The Hall–Kier alpha value is -4.15. The molecule has 0 fully saturated rings. The molecule has 142 valence electrons. The number of rotatable bonds is 5. The van der Waals surface area contributed by atoms with Gasteiger partial charge in [-0.05, 0) is 24.3 Å². The number of ether oxygens (including phenoxy) is 1. The van der Waals surface area contributed by atoms with Gasteiger partial charge in [-0.1, -0.05) is 0 Å². The van der Waals surface area contributed by atoms with Crippen molar-refractivity contribution in [2.24, 2.45) is 0 Å². The van der Waals surface area contributed by atoms with Crippen molar-refractivity contribution >= 4 is 17.8 Å². The molecule has 0 bridgehead atoms. The molecule has 2 aromatic rings. The van der Waals surface area contributed by atoms with Crippen molar-refractivity contribution in [3.05, 3.63) is 35.4 Å². The van der Waals surface area contributed by atoms with Crippen LogP contribution >= 0.6 is 0 Å². The standard InChI is InChI=1S/C16H13NO10/c18-8-2-7(3-9(19)13(8)23)16(26)27-11-4-6(1-10(20)14(11)24)15(25)17-5-12(21)22/h1-4,18-20,23-24H,5H2,(H,17,25)(H,21,22). The van der Waals surface area contributed by atoms with E-state index in [9.17, 15) is 39.9 Å². The van der Waals surface area contributed by atoms with Crippen LogP contribution in [0.4, 0.5) is 0 Å². The number of carboxylic acids is 1. The summed E-state index contributed by atoms with van der Waals surface area (Å²) in [4.78, 5) is 34.4. The van der Waals surface area contributed by atoms with Crippen LogP contribution in [-0.2, 0) is 4.79 Å². The predicted octanol–water partition coefficient (Wildman–Crippen LogP) is 0.248. The van der Waals surface area contributed by atoms with E-state index in [0.29, 0.717) is 0 Å². The predicted molar refractivity (Wildman–Crippen MR) is 86.1 cm³/mol. The highest BCUT2D eigenvalue weighted by molar-refractivity contribution is 5.98. The molecule has 1 amide bonds. The minimum Gasteiger partial charge on any atom is -0.504 e. The second-order valence-corrected chi connectivity index (χ2v) is 5.17. The Morgan fingerprint density at radius 1 is 0.815 bits per heavy atom. The lowest BCUT2D eigenvalue weighted by molar-refractivity contribution is -0.135. The molecule has 0 spiro atoms. The van der Waals surface area contributed by atoms with Crippen LogP contribution in [0.5, 0.6) is 34.5 Å². The Labute approximate surface area is 150 Å². The van der Waals surface area contributed by atoms with Gasteiger partial charge in [-0.3, -0.25) is 9.59 Å². The number of esters is 1. The third-order valence-corrected chi connectivity index (χ3v) is 3.23. The van der Waals surface area contributed by atoms with Crippen LogP contribution in [0.3, 0.4) is 0 Å². The lowest BCUT2D eigenvalue weighted by atomic mass is 10.1. The Morgan fingerprint density at radius 3 is 1.89 bits per heavy atom. The van der Waals surface area contributed by atoms with Gasteiger partial charge < -0.3 is 40.7 Å². The van der Waals surface area contributed by atoms with Crippen molar-refractivity contribution in [1.82, 2.24) is 5.32 Å². The summed E-state index contributed by atoms with van der Waals surface area (Å²) < 4.78 is 4.83. The first-order valence-electron chi connectivity index (χ1n) is 7.13. The molecule has 7 N–H and O–H groups in total. The summed E-state index contributed by atoms with van der Waals surface area (Å²) in [5, 5.41) is 58.1. The number of phenolic OH excluding ortho intramolecular Hbond substituents is 5. The summed E-state index contributed by atoms with van der Waals surface area (Å²) in [6.07, 6.45) is 0. The molecule has 0 atom stereocenters. The molecule has 11 nitrogen and oxygen atoms in total. The molecular formula is C16H13NO10. The summed E-state index contributed by atoms with van der Waals surface area (Å²) in [5.74, 6) is -8.28. The quantitative estimate of drug-likeness (QED) is 0.215. The van der Waals surface area contributed by atoms with E-state index in [1.165, 1.54) is 0 Å². The lowest BCUT2D eigenvalue weighted by Gasteiger charge is -2.11. The van der Waals surface area contributed by atoms with Crippen molar-refractivity contribution in [1.29, 1.82) is 0 Å². The smallest absolute Gasteiger partial charge is 0.343 e. The number of nitrogens with one attached hydrogen (secondary N) is 1. The number of amides is 1. The highest BCUT2D eigenvalue weighted by atomic mass is 16.5. The fourth-order valence-corrected chi connectivity index (χ4v) is 1.94. The fourth-order valence-electron chi connectivity index (χ4n) is 1.94. The van der Waals surface area contributed by atoms with Crippen molar-refractivity contribution in [3.8, 4) is 34.5 Å². The van der Waals surface area contributed by atoms with Gasteiger partial charge in [0.15, 0.2) is 28.7 Å².